The number of benzene rings is 2. The molecule has 0 unspecified atom stereocenters. The molecule has 2 heterocycles. The molecular weight excluding hydrogens is 547 g/mol. The van der Waals surface area contributed by atoms with Crippen LogP contribution >= 0.6 is 12.4 Å². The zero-order valence-corrected chi connectivity index (χ0v) is 23.6. The lowest BCUT2D eigenvalue weighted by Gasteiger charge is -2.32. The summed E-state index contributed by atoms with van der Waals surface area (Å²) >= 11 is 0. The summed E-state index contributed by atoms with van der Waals surface area (Å²) in [6.45, 7) is 5.54. The first-order chi connectivity index (χ1) is 18.7. The average molecular weight is 582 g/mol. The van der Waals surface area contributed by atoms with Crippen molar-refractivity contribution in [3.05, 3.63) is 59.0 Å². The lowest BCUT2D eigenvalue weighted by atomic mass is 10.1. The van der Waals surface area contributed by atoms with Crippen LogP contribution < -0.4 is 15.5 Å². The predicted molar refractivity (Wildman–Crippen MR) is 150 cm³/mol. The Morgan fingerprint density at radius 1 is 1.15 bits per heavy atom. The largest absolute Gasteiger partial charge is 0.353 e. The number of aromatic nitrogens is 2. The molecule has 0 saturated carbocycles. The topological polar surface area (TPSA) is 85.7 Å². The van der Waals surface area contributed by atoms with Gasteiger partial charge in [0.2, 0.25) is 5.91 Å². The number of nitrogens with zero attached hydrogens (tertiary/aromatic N) is 5. The van der Waals surface area contributed by atoms with Crippen LogP contribution in [0.15, 0.2) is 36.5 Å². The van der Waals surface area contributed by atoms with Crippen LogP contribution in [0.25, 0.3) is 10.9 Å². The molecule has 2 N–H and O–H groups in total. The van der Waals surface area contributed by atoms with Gasteiger partial charge in [-0.05, 0) is 42.8 Å². The molecule has 218 valence electrons. The fourth-order valence-corrected chi connectivity index (χ4v) is 4.76. The van der Waals surface area contributed by atoms with Crippen LogP contribution in [0.3, 0.4) is 0 Å². The van der Waals surface area contributed by atoms with E-state index in [4.69, 9.17) is 0 Å². The second-order valence-electron chi connectivity index (χ2n) is 9.59. The van der Waals surface area contributed by atoms with Crippen molar-refractivity contribution in [3.8, 4) is 0 Å². The fourth-order valence-electron chi connectivity index (χ4n) is 4.76. The van der Waals surface area contributed by atoms with Crippen LogP contribution in [0.4, 0.5) is 18.9 Å². The molecule has 9 nitrogen and oxygen atoms in total. The summed E-state index contributed by atoms with van der Waals surface area (Å²) in [7, 11) is 1.63. The van der Waals surface area contributed by atoms with E-state index < -0.39 is 13.0 Å². The van der Waals surface area contributed by atoms with Crippen molar-refractivity contribution in [1.82, 2.24) is 30.4 Å². The van der Waals surface area contributed by atoms with Crippen LogP contribution in [0.1, 0.15) is 23.6 Å². The smallest absolute Gasteiger partial charge is 0.257 e. The maximum Gasteiger partial charge on any atom is 0.257 e. The summed E-state index contributed by atoms with van der Waals surface area (Å²) in [4.78, 5) is 27.9. The van der Waals surface area contributed by atoms with E-state index in [2.05, 4.69) is 15.7 Å². The monoisotopic (exact) mass is 581 g/mol. The maximum absolute atomic E-state index is 14.3. The van der Waals surface area contributed by atoms with Crippen molar-refractivity contribution >= 4 is 40.8 Å². The Kier molecular flexibility index (Phi) is 10.8. The molecule has 1 aliphatic rings. The van der Waals surface area contributed by atoms with Gasteiger partial charge < -0.3 is 15.5 Å². The molecule has 0 bridgehead atoms. The lowest BCUT2D eigenvalue weighted by molar-refractivity contribution is -0.145. The molecule has 0 saturated heterocycles. The van der Waals surface area contributed by atoms with Gasteiger partial charge in [-0.15, -0.1) is 12.4 Å². The molecule has 0 atom stereocenters. The zero-order valence-electron chi connectivity index (χ0n) is 22.8. The van der Waals surface area contributed by atoms with Crippen molar-refractivity contribution in [1.29, 1.82) is 0 Å². The third-order valence-electron chi connectivity index (χ3n) is 6.84. The first-order valence-electron chi connectivity index (χ1n) is 12.9. The average Bonchev–Trinajstić information content (AvgIpc) is 3.50. The fraction of sp³-hybridized carbons (Fsp3) is 0.444. The van der Waals surface area contributed by atoms with Crippen molar-refractivity contribution in [2.24, 2.45) is 0 Å². The SMILES string of the molecule is CCNCCNC(=O)CN(CC(=O)N(C)N1Cc2cccc(F)c2C1)c1cc2cnn(CC(F)F)c2cc1C.Cl. The van der Waals surface area contributed by atoms with Gasteiger partial charge in [0.15, 0.2) is 0 Å². The number of anilines is 1. The van der Waals surface area contributed by atoms with Gasteiger partial charge in [-0.1, -0.05) is 19.1 Å². The highest BCUT2D eigenvalue weighted by atomic mass is 35.5. The Morgan fingerprint density at radius 2 is 1.93 bits per heavy atom. The number of likely N-dealkylation sites (N-methyl/N-ethyl adjacent to an activating group) is 2. The molecule has 2 aromatic carbocycles. The molecule has 1 aromatic heterocycles. The molecule has 13 heteroatoms. The van der Waals surface area contributed by atoms with E-state index in [0.29, 0.717) is 47.4 Å². The van der Waals surface area contributed by atoms with E-state index in [1.807, 2.05) is 13.0 Å². The van der Waals surface area contributed by atoms with Gasteiger partial charge in [0.1, 0.15) is 12.4 Å². The van der Waals surface area contributed by atoms with E-state index in [1.165, 1.54) is 22.0 Å². The Balaban J connectivity index is 0.00000441. The van der Waals surface area contributed by atoms with Crippen LogP contribution in [-0.2, 0) is 29.2 Å². The van der Waals surface area contributed by atoms with Gasteiger partial charge in [-0.3, -0.25) is 19.3 Å². The van der Waals surface area contributed by atoms with Gasteiger partial charge in [0, 0.05) is 49.9 Å². The summed E-state index contributed by atoms with van der Waals surface area (Å²) in [5.41, 5.74) is 3.28. The van der Waals surface area contributed by atoms with Crippen molar-refractivity contribution in [3.63, 3.8) is 0 Å². The van der Waals surface area contributed by atoms with E-state index in [0.717, 1.165) is 12.1 Å². The molecule has 1 aliphatic heterocycles. The third kappa shape index (κ3) is 7.23. The minimum absolute atomic E-state index is 0. The highest BCUT2D eigenvalue weighted by Gasteiger charge is 2.29. The van der Waals surface area contributed by atoms with Crippen LogP contribution in [0, 0.1) is 12.7 Å². The van der Waals surface area contributed by atoms with E-state index >= 15 is 0 Å². The molecule has 3 aromatic rings. The minimum atomic E-state index is -2.55. The first-order valence-corrected chi connectivity index (χ1v) is 12.9. The number of halogens is 4. The number of carbonyl (C=O) groups is 2. The first kappa shape index (κ1) is 31.2. The number of amides is 2. The molecule has 0 spiro atoms. The molecule has 2 amide bonds. The Labute approximate surface area is 237 Å². The van der Waals surface area contributed by atoms with Crippen LogP contribution in [0.2, 0.25) is 0 Å². The lowest BCUT2D eigenvalue weighted by Crippen LogP contribution is -2.48. The number of hydrogen-bond acceptors (Lipinski definition) is 6. The van der Waals surface area contributed by atoms with Gasteiger partial charge in [0.05, 0.1) is 24.8 Å². The standard InChI is InChI=1S/C27H34F3N7O2.ClH/c1-4-31-8-9-32-26(38)16-35(23-11-20-12-33-37(15-25(29)30)24(20)10-18(23)2)17-27(39)34(3)36-13-19-6-5-7-22(28)21(19)14-36;/h5-7,10-12,25,31H,4,8-9,13-17H2,1-3H3,(H,32,38);1H. The number of nitrogens with one attached hydrogen (secondary N) is 2. The summed E-state index contributed by atoms with van der Waals surface area (Å²) in [6.07, 6.45) is -1.05. The number of hydrogen-bond donors (Lipinski definition) is 2. The predicted octanol–water partition coefficient (Wildman–Crippen LogP) is 3.09. The summed E-state index contributed by atoms with van der Waals surface area (Å²) in [6, 6.07) is 8.40. The normalized spacial score (nSPS) is 12.9. The third-order valence-corrected chi connectivity index (χ3v) is 6.84. The van der Waals surface area contributed by atoms with Gasteiger partial charge in [-0.25, -0.2) is 18.2 Å². The Hall–Kier alpha value is -3.35. The molecule has 0 fully saturated rings. The number of carbonyl (C=O) groups excluding carboxylic acids is 2. The number of alkyl halides is 2. The van der Waals surface area contributed by atoms with E-state index in [9.17, 15) is 22.8 Å². The number of hydrazine groups is 1. The van der Waals surface area contributed by atoms with Gasteiger partial charge in [-0.2, -0.15) is 5.10 Å². The molecule has 0 aliphatic carbocycles. The summed E-state index contributed by atoms with van der Waals surface area (Å²) in [5, 5.41) is 13.9. The molecule has 4 rings (SSSR count). The summed E-state index contributed by atoms with van der Waals surface area (Å²) < 4.78 is 41.5. The second kappa shape index (κ2) is 13.8. The molecular formula is C27H35ClF3N7O2. The van der Waals surface area contributed by atoms with E-state index in [-0.39, 0.29) is 49.7 Å². The Morgan fingerprint density at radius 3 is 2.62 bits per heavy atom. The number of fused-ring (bicyclic) bond motifs is 2. The van der Waals surface area contributed by atoms with Crippen LogP contribution in [0.5, 0.6) is 0 Å². The van der Waals surface area contributed by atoms with Crippen LogP contribution in [-0.4, -0.2) is 77.8 Å². The Bertz CT molecular complexity index is 1340. The van der Waals surface area contributed by atoms with E-state index in [1.54, 1.807) is 42.1 Å². The molecule has 40 heavy (non-hydrogen) atoms. The van der Waals surface area contributed by atoms with Gasteiger partial charge in [0.25, 0.3) is 12.3 Å². The highest BCUT2D eigenvalue weighted by Crippen LogP contribution is 2.29. The molecule has 0 radical (unpaired) electrons. The second-order valence-corrected chi connectivity index (χ2v) is 9.59. The quantitative estimate of drug-likeness (QED) is 0.320. The minimum Gasteiger partial charge on any atom is -0.353 e. The maximum atomic E-state index is 14.3. The van der Waals surface area contributed by atoms with Crippen molar-refractivity contribution in [2.45, 2.75) is 39.9 Å². The highest BCUT2D eigenvalue weighted by molar-refractivity contribution is 5.90. The van der Waals surface area contributed by atoms with Crippen molar-refractivity contribution in [2.75, 3.05) is 44.7 Å². The van der Waals surface area contributed by atoms with Crippen molar-refractivity contribution < 1.29 is 22.8 Å². The zero-order chi connectivity index (χ0) is 28.1. The van der Waals surface area contributed by atoms with Gasteiger partial charge >= 0.3 is 0 Å². The number of aryl methyl sites for hydroxylation is 1. The number of rotatable bonds is 12. The summed E-state index contributed by atoms with van der Waals surface area (Å²) in [5.74, 6) is -0.841.